The molecule has 8 nitrogen and oxygen atoms in total. The van der Waals surface area contributed by atoms with Gasteiger partial charge in [-0.3, -0.25) is 9.36 Å². The summed E-state index contributed by atoms with van der Waals surface area (Å²) in [7, 11) is 0. The lowest BCUT2D eigenvalue weighted by molar-refractivity contribution is -0.141. The van der Waals surface area contributed by atoms with E-state index in [0.29, 0.717) is 11.0 Å². The number of aliphatic hydroxyl groups is 2. The van der Waals surface area contributed by atoms with E-state index in [4.69, 9.17) is 9.84 Å². The first-order chi connectivity index (χ1) is 10.8. The summed E-state index contributed by atoms with van der Waals surface area (Å²) < 4.78 is 33.3. The summed E-state index contributed by atoms with van der Waals surface area (Å²) >= 11 is 0. The second-order valence-corrected chi connectivity index (χ2v) is 5.13. The standard InChI is InChI=1S/C13H17F2N3O5/c1-2-3-9(20)16-8-4-5-18(12(22)17-8)11-13(14,15)10(21)7(6-19)23-11/h4-5,7,10-11,19,21H,2-3,6H2,1H3,(H,16,17,20,22)/t7?,10-,11-/m1/s1. The van der Waals surface area contributed by atoms with Gasteiger partial charge in [-0.25, -0.2) is 4.79 Å². The molecule has 1 unspecified atom stereocenters. The lowest BCUT2D eigenvalue weighted by Crippen LogP contribution is -2.41. The maximum Gasteiger partial charge on any atom is 0.351 e. The Morgan fingerprint density at radius 3 is 2.78 bits per heavy atom. The summed E-state index contributed by atoms with van der Waals surface area (Å²) in [6, 6.07) is 1.17. The third-order valence-corrected chi connectivity index (χ3v) is 3.39. The predicted molar refractivity (Wildman–Crippen MR) is 74.0 cm³/mol. The number of carbonyl (C=O) groups is 1. The fourth-order valence-corrected chi connectivity index (χ4v) is 2.21. The van der Waals surface area contributed by atoms with E-state index in [1.807, 2.05) is 0 Å². The number of carbonyl (C=O) groups excluding carboxylic acids is 1. The van der Waals surface area contributed by atoms with Crippen molar-refractivity contribution in [3.63, 3.8) is 0 Å². The van der Waals surface area contributed by atoms with E-state index in [1.165, 1.54) is 6.07 Å². The highest BCUT2D eigenvalue weighted by atomic mass is 19.3. The fraction of sp³-hybridized carbons (Fsp3) is 0.615. The highest BCUT2D eigenvalue weighted by Crippen LogP contribution is 2.41. The second-order valence-electron chi connectivity index (χ2n) is 5.13. The van der Waals surface area contributed by atoms with Crippen LogP contribution in [-0.4, -0.2) is 50.4 Å². The summed E-state index contributed by atoms with van der Waals surface area (Å²) in [6.07, 6.45) is -4.01. The first-order valence-electron chi connectivity index (χ1n) is 7.02. The van der Waals surface area contributed by atoms with Crippen LogP contribution in [0, 0.1) is 0 Å². The molecule has 1 saturated heterocycles. The van der Waals surface area contributed by atoms with Crippen LogP contribution >= 0.6 is 0 Å². The molecule has 1 fully saturated rings. The van der Waals surface area contributed by atoms with Crippen LogP contribution in [0.4, 0.5) is 14.6 Å². The molecule has 3 atom stereocenters. The summed E-state index contributed by atoms with van der Waals surface area (Å²) in [5, 5.41) is 20.7. The Kier molecular flexibility index (Phi) is 5.07. The number of aromatic nitrogens is 2. The van der Waals surface area contributed by atoms with E-state index in [2.05, 4.69) is 10.3 Å². The molecule has 2 rings (SSSR count). The minimum absolute atomic E-state index is 0.0646. The first-order valence-corrected chi connectivity index (χ1v) is 7.02. The monoisotopic (exact) mass is 333 g/mol. The van der Waals surface area contributed by atoms with Crippen molar-refractivity contribution < 1.29 is 28.5 Å². The van der Waals surface area contributed by atoms with Crippen molar-refractivity contribution in [3.05, 3.63) is 22.7 Å². The molecule has 23 heavy (non-hydrogen) atoms. The predicted octanol–water partition coefficient (Wildman–Crippen LogP) is -0.132. The number of rotatable bonds is 5. The van der Waals surface area contributed by atoms with Gasteiger partial charge in [0, 0.05) is 12.6 Å². The summed E-state index contributed by atoms with van der Waals surface area (Å²) in [5.41, 5.74) is -1.07. The van der Waals surface area contributed by atoms with Crippen LogP contribution < -0.4 is 11.0 Å². The van der Waals surface area contributed by atoms with Gasteiger partial charge in [-0.15, -0.1) is 0 Å². The molecule has 0 bridgehead atoms. The molecule has 0 saturated carbocycles. The lowest BCUT2D eigenvalue weighted by atomic mass is 10.1. The largest absolute Gasteiger partial charge is 0.394 e. The van der Waals surface area contributed by atoms with E-state index < -0.39 is 36.7 Å². The van der Waals surface area contributed by atoms with Crippen LogP contribution in [0.3, 0.4) is 0 Å². The third kappa shape index (κ3) is 3.38. The summed E-state index contributed by atoms with van der Waals surface area (Å²) in [5.74, 6) is -4.19. The molecule has 2 heterocycles. The second kappa shape index (κ2) is 6.69. The number of nitrogens with one attached hydrogen (secondary N) is 1. The Morgan fingerprint density at radius 1 is 1.57 bits per heavy atom. The van der Waals surface area contributed by atoms with Crippen LogP contribution in [0.5, 0.6) is 0 Å². The molecule has 0 aromatic carbocycles. The Balaban J connectivity index is 2.24. The van der Waals surface area contributed by atoms with Crippen molar-refractivity contribution in [2.75, 3.05) is 11.9 Å². The molecular formula is C13H17F2N3O5. The van der Waals surface area contributed by atoms with E-state index >= 15 is 0 Å². The number of aliphatic hydroxyl groups excluding tert-OH is 2. The molecule has 3 N–H and O–H groups in total. The molecule has 1 aromatic heterocycles. The molecule has 1 aromatic rings. The maximum absolute atomic E-state index is 14.0. The van der Waals surface area contributed by atoms with Crippen LogP contribution in [0.2, 0.25) is 0 Å². The van der Waals surface area contributed by atoms with Gasteiger partial charge in [0.25, 0.3) is 0 Å². The minimum Gasteiger partial charge on any atom is -0.394 e. The van der Waals surface area contributed by atoms with Crippen molar-refractivity contribution in [1.29, 1.82) is 0 Å². The average Bonchev–Trinajstić information content (AvgIpc) is 2.70. The molecule has 1 aliphatic heterocycles. The molecule has 1 aliphatic rings. The normalized spacial score (nSPS) is 26.2. The first kappa shape index (κ1) is 17.4. The van der Waals surface area contributed by atoms with Gasteiger partial charge in [0.15, 0.2) is 6.10 Å². The van der Waals surface area contributed by atoms with Gasteiger partial charge in [-0.1, -0.05) is 6.92 Å². The van der Waals surface area contributed by atoms with Crippen LogP contribution in [-0.2, 0) is 9.53 Å². The number of alkyl halides is 2. The summed E-state index contributed by atoms with van der Waals surface area (Å²) in [6.45, 7) is 0.980. The van der Waals surface area contributed by atoms with E-state index in [1.54, 1.807) is 6.92 Å². The Morgan fingerprint density at radius 2 is 2.26 bits per heavy atom. The highest BCUT2D eigenvalue weighted by molar-refractivity contribution is 5.89. The van der Waals surface area contributed by atoms with E-state index in [-0.39, 0.29) is 18.1 Å². The molecule has 0 spiro atoms. The number of amides is 1. The molecule has 0 aliphatic carbocycles. The maximum atomic E-state index is 14.0. The van der Waals surface area contributed by atoms with Gasteiger partial charge in [0.05, 0.1) is 6.61 Å². The van der Waals surface area contributed by atoms with Gasteiger partial charge in [0.1, 0.15) is 11.9 Å². The zero-order valence-corrected chi connectivity index (χ0v) is 12.3. The van der Waals surface area contributed by atoms with Crippen molar-refractivity contribution >= 4 is 11.7 Å². The van der Waals surface area contributed by atoms with E-state index in [9.17, 15) is 23.5 Å². The zero-order valence-electron chi connectivity index (χ0n) is 12.3. The number of anilines is 1. The van der Waals surface area contributed by atoms with Crippen molar-refractivity contribution in [2.24, 2.45) is 0 Å². The van der Waals surface area contributed by atoms with Crippen LogP contribution in [0.25, 0.3) is 0 Å². The number of nitrogens with zero attached hydrogens (tertiary/aromatic N) is 2. The van der Waals surface area contributed by atoms with Gasteiger partial charge in [0.2, 0.25) is 12.1 Å². The highest BCUT2D eigenvalue weighted by Gasteiger charge is 2.59. The molecular weight excluding hydrogens is 316 g/mol. The smallest absolute Gasteiger partial charge is 0.351 e. The fourth-order valence-electron chi connectivity index (χ4n) is 2.21. The van der Waals surface area contributed by atoms with Crippen LogP contribution in [0.15, 0.2) is 17.1 Å². The quantitative estimate of drug-likeness (QED) is 0.692. The number of hydrogen-bond acceptors (Lipinski definition) is 6. The minimum atomic E-state index is -3.77. The number of halogens is 2. The zero-order chi connectivity index (χ0) is 17.2. The lowest BCUT2D eigenvalue weighted by Gasteiger charge is -2.21. The Hall–Kier alpha value is -1.91. The topological polar surface area (TPSA) is 114 Å². The Bertz CT molecular complexity index is 636. The van der Waals surface area contributed by atoms with Crippen LogP contribution in [0.1, 0.15) is 26.0 Å². The summed E-state index contributed by atoms with van der Waals surface area (Å²) in [4.78, 5) is 26.8. The molecule has 128 valence electrons. The molecule has 0 radical (unpaired) electrons. The Labute approximate surface area is 129 Å². The molecule has 1 amide bonds. The average molecular weight is 333 g/mol. The van der Waals surface area contributed by atoms with Crippen molar-refractivity contribution in [2.45, 2.75) is 44.1 Å². The van der Waals surface area contributed by atoms with Crippen molar-refractivity contribution in [1.82, 2.24) is 9.55 Å². The van der Waals surface area contributed by atoms with Gasteiger partial charge < -0.3 is 20.3 Å². The number of ether oxygens (including phenoxy) is 1. The van der Waals surface area contributed by atoms with Gasteiger partial charge in [-0.05, 0) is 12.5 Å². The van der Waals surface area contributed by atoms with Gasteiger partial charge >= 0.3 is 11.6 Å². The third-order valence-electron chi connectivity index (χ3n) is 3.39. The SMILES string of the molecule is CCCC(=O)Nc1ccn([C@@H]2OC(CO)[C@@H](O)C2(F)F)c(=O)n1. The van der Waals surface area contributed by atoms with Crippen molar-refractivity contribution in [3.8, 4) is 0 Å². The van der Waals surface area contributed by atoms with Gasteiger partial charge in [-0.2, -0.15) is 13.8 Å². The number of hydrogen-bond donors (Lipinski definition) is 3. The molecule has 10 heteroatoms. The van der Waals surface area contributed by atoms with E-state index in [0.717, 1.165) is 6.20 Å².